The van der Waals surface area contributed by atoms with Crippen molar-refractivity contribution in [2.24, 2.45) is 5.73 Å². The number of benzene rings is 1. The summed E-state index contributed by atoms with van der Waals surface area (Å²) < 4.78 is 5.44. The molecule has 5 nitrogen and oxygen atoms in total. The number of anilines is 1. The van der Waals surface area contributed by atoms with E-state index in [2.05, 4.69) is 17.1 Å². The van der Waals surface area contributed by atoms with E-state index < -0.39 is 0 Å². The lowest BCUT2D eigenvalue weighted by atomic mass is 10.1. The van der Waals surface area contributed by atoms with Crippen LogP contribution >= 0.6 is 0 Å². The topological polar surface area (TPSA) is 67.6 Å². The molecule has 1 heterocycles. The third-order valence-corrected chi connectivity index (χ3v) is 3.66. The smallest absolute Gasteiger partial charge is 0.411 e. The molecule has 1 aromatic carbocycles. The third kappa shape index (κ3) is 4.21. The van der Waals surface area contributed by atoms with E-state index in [1.165, 1.54) is 0 Å². The Hall–Kier alpha value is -1.59. The summed E-state index contributed by atoms with van der Waals surface area (Å²) in [6.07, 6.45) is 2.36. The Morgan fingerprint density at radius 2 is 2.05 bits per heavy atom. The minimum Gasteiger partial charge on any atom is -0.446 e. The van der Waals surface area contributed by atoms with E-state index in [1.54, 1.807) is 0 Å². The second kappa shape index (κ2) is 7.26. The summed E-state index contributed by atoms with van der Waals surface area (Å²) in [6, 6.07) is 9.33. The highest BCUT2D eigenvalue weighted by atomic mass is 16.6. The van der Waals surface area contributed by atoms with Crippen LogP contribution in [0.4, 0.5) is 10.5 Å². The normalized spacial score (nSPS) is 18.5. The molecule has 0 saturated carbocycles. The van der Waals surface area contributed by atoms with E-state index >= 15 is 0 Å². The van der Waals surface area contributed by atoms with Crippen molar-refractivity contribution in [3.63, 3.8) is 0 Å². The molecule has 1 aliphatic rings. The standard InChI is InChI=1S/C15H23N3O2/c1-2-14(16)18-10-8-13(9-11-18)20-15(19)17-12-6-4-3-5-7-12/h3-7,13-14H,2,8-11,16H2,1H3,(H,17,19). The SMILES string of the molecule is CCC(N)N1CCC(OC(=O)Nc2ccccc2)CC1. The van der Waals surface area contributed by atoms with Gasteiger partial charge in [-0.15, -0.1) is 0 Å². The van der Waals surface area contributed by atoms with Crippen molar-refractivity contribution in [2.45, 2.75) is 38.5 Å². The first-order chi connectivity index (χ1) is 9.69. The molecule has 20 heavy (non-hydrogen) atoms. The molecular weight excluding hydrogens is 254 g/mol. The van der Waals surface area contributed by atoms with E-state index in [9.17, 15) is 4.79 Å². The Labute approximate surface area is 120 Å². The Kier molecular flexibility index (Phi) is 5.38. The molecule has 110 valence electrons. The van der Waals surface area contributed by atoms with Crippen molar-refractivity contribution < 1.29 is 9.53 Å². The molecule has 0 spiro atoms. The van der Waals surface area contributed by atoms with E-state index in [4.69, 9.17) is 10.5 Å². The fraction of sp³-hybridized carbons (Fsp3) is 0.533. The lowest BCUT2D eigenvalue weighted by Gasteiger charge is -2.34. The average Bonchev–Trinajstić information content (AvgIpc) is 2.48. The van der Waals surface area contributed by atoms with Crippen LogP contribution in [0.15, 0.2) is 30.3 Å². The fourth-order valence-electron chi connectivity index (χ4n) is 2.40. The molecule has 1 aromatic rings. The van der Waals surface area contributed by atoms with Gasteiger partial charge in [-0.1, -0.05) is 25.1 Å². The van der Waals surface area contributed by atoms with Gasteiger partial charge >= 0.3 is 6.09 Å². The number of likely N-dealkylation sites (tertiary alicyclic amines) is 1. The van der Waals surface area contributed by atoms with Crippen LogP contribution in [0.2, 0.25) is 0 Å². The van der Waals surface area contributed by atoms with Crippen molar-refractivity contribution in [1.82, 2.24) is 4.90 Å². The van der Waals surface area contributed by atoms with E-state index in [0.717, 1.165) is 38.0 Å². The highest BCUT2D eigenvalue weighted by Crippen LogP contribution is 2.16. The van der Waals surface area contributed by atoms with Gasteiger partial charge in [-0.05, 0) is 31.4 Å². The molecule has 0 aromatic heterocycles. The van der Waals surface area contributed by atoms with Crippen LogP contribution in [0.25, 0.3) is 0 Å². The second-order valence-corrected chi connectivity index (χ2v) is 5.11. The summed E-state index contributed by atoms with van der Waals surface area (Å²) in [5, 5.41) is 2.73. The number of piperidine rings is 1. The molecule has 3 N–H and O–H groups in total. The minimum atomic E-state index is -0.380. The van der Waals surface area contributed by atoms with Crippen molar-refractivity contribution in [1.29, 1.82) is 0 Å². The zero-order valence-electron chi connectivity index (χ0n) is 11.9. The van der Waals surface area contributed by atoms with Gasteiger partial charge in [-0.3, -0.25) is 10.2 Å². The maximum absolute atomic E-state index is 11.8. The predicted molar refractivity (Wildman–Crippen MR) is 79.4 cm³/mol. The first-order valence-electron chi connectivity index (χ1n) is 7.21. The zero-order valence-corrected chi connectivity index (χ0v) is 11.9. The lowest BCUT2D eigenvalue weighted by molar-refractivity contribution is 0.0446. The number of para-hydroxylation sites is 1. The summed E-state index contributed by atoms with van der Waals surface area (Å²) in [6.45, 7) is 3.86. The average molecular weight is 277 g/mol. The lowest BCUT2D eigenvalue weighted by Crippen LogP contribution is -2.47. The molecule has 1 amide bonds. The van der Waals surface area contributed by atoms with Crippen LogP contribution in [0, 0.1) is 0 Å². The van der Waals surface area contributed by atoms with Gasteiger partial charge in [0.25, 0.3) is 0 Å². The molecule has 1 atom stereocenters. The molecule has 0 radical (unpaired) electrons. The Morgan fingerprint density at radius 1 is 1.40 bits per heavy atom. The van der Waals surface area contributed by atoms with Crippen molar-refractivity contribution >= 4 is 11.8 Å². The largest absolute Gasteiger partial charge is 0.446 e. The highest BCUT2D eigenvalue weighted by Gasteiger charge is 2.24. The molecule has 1 saturated heterocycles. The monoisotopic (exact) mass is 277 g/mol. The molecular formula is C15H23N3O2. The molecule has 0 bridgehead atoms. The van der Waals surface area contributed by atoms with Crippen molar-refractivity contribution in [2.75, 3.05) is 18.4 Å². The van der Waals surface area contributed by atoms with Crippen LogP contribution in [0.1, 0.15) is 26.2 Å². The number of hydrogen-bond donors (Lipinski definition) is 2. The van der Waals surface area contributed by atoms with Gasteiger partial charge in [0.15, 0.2) is 0 Å². The molecule has 5 heteroatoms. The van der Waals surface area contributed by atoms with Gasteiger partial charge < -0.3 is 10.5 Å². The number of ether oxygens (including phenoxy) is 1. The molecule has 2 rings (SSSR count). The number of carbonyl (C=O) groups is 1. The number of nitrogens with zero attached hydrogens (tertiary/aromatic N) is 1. The summed E-state index contributed by atoms with van der Waals surface area (Å²) in [5.74, 6) is 0. The Morgan fingerprint density at radius 3 is 2.65 bits per heavy atom. The van der Waals surface area contributed by atoms with Crippen LogP contribution < -0.4 is 11.1 Å². The van der Waals surface area contributed by atoms with Crippen LogP contribution in [-0.4, -0.2) is 36.4 Å². The van der Waals surface area contributed by atoms with Crippen LogP contribution in [0.3, 0.4) is 0 Å². The van der Waals surface area contributed by atoms with Gasteiger partial charge in [0.2, 0.25) is 0 Å². The second-order valence-electron chi connectivity index (χ2n) is 5.11. The first-order valence-corrected chi connectivity index (χ1v) is 7.21. The van der Waals surface area contributed by atoms with E-state index in [-0.39, 0.29) is 18.4 Å². The number of nitrogens with two attached hydrogens (primary N) is 1. The molecule has 0 aliphatic carbocycles. The maximum Gasteiger partial charge on any atom is 0.411 e. The Balaban J connectivity index is 1.74. The van der Waals surface area contributed by atoms with E-state index in [1.807, 2.05) is 30.3 Å². The van der Waals surface area contributed by atoms with Gasteiger partial charge in [0, 0.05) is 18.8 Å². The van der Waals surface area contributed by atoms with Crippen molar-refractivity contribution in [3.8, 4) is 0 Å². The molecule has 1 fully saturated rings. The third-order valence-electron chi connectivity index (χ3n) is 3.66. The van der Waals surface area contributed by atoms with Gasteiger partial charge in [-0.2, -0.15) is 0 Å². The predicted octanol–water partition coefficient (Wildman–Crippen LogP) is 2.39. The van der Waals surface area contributed by atoms with Crippen LogP contribution in [0.5, 0.6) is 0 Å². The number of nitrogens with one attached hydrogen (secondary N) is 1. The number of rotatable bonds is 4. The molecule has 1 aliphatic heterocycles. The first kappa shape index (κ1) is 14.8. The Bertz CT molecular complexity index is 416. The number of amides is 1. The quantitative estimate of drug-likeness (QED) is 0.886. The van der Waals surface area contributed by atoms with Gasteiger partial charge in [0.1, 0.15) is 6.10 Å². The zero-order chi connectivity index (χ0) is 14.4. The number of carbonyl (C=O) groups excluding carboxylic acids is 1. The van der Waals surface area contributed by atoms with Gasteiger partial charge in [-0.25, -0.2) is 4.79 Å². The van der Waals surface area contributed by atoms with Gasteiger partial charge in [0.05, 0.1) is 6.17 Å². The van der Waals surface area contributed by atoms with Crippen LogP contribution in [-0.2, 0) is 4.74 Å². The highest BCUT2D eigenvalue weighted by molar-refractivity contribution is 5.84. The summed E-state index contributed by atoms with van der Waals surface area (Å²) in [5.41, 5.74) is 6.76. The fourth-order valence-corrected chi connectivity index (χ4v) is 2.40. The summed E-state index contributed by atoms with van der Waals surface area (Å²) in [4.78, 5) is 14.0. The van der Waals surface area contributed by atoms with E-state index in [0.29, 0.717) is 0 Å². The molecule has 1 unspecified atom stereocenters. The minimum absolute atomic E-state index is 0.0148. The number of hydrogen-bond acceptors (Lipinski definition) is 4. The maximum atomic E-state index is 11.8. The van der Waals surface area contributed by atoms with Crippen molar-refractivity contribution in [3.05, 3.63) is 30.3 Å². The summed E-state index contributed by atoms with van der Waals surface area (Å²) >= 11 is 0. The summed E-state index contributed by atoms with van der Waals surface area (Å²) in [7, 11) is 0.